The lowest BCUT2D eigenvalue weighted by atomic mass is 10.2. The average molecular weight is 159 g/mol. The first kappa shape index (κ1) is 9.94. The van der Waals surface area contributed by atoms with Crippen LogP contribution >= 0.6 is 0 Å². The largest absolute Gasteiger partial charge is 0.459 e. The zero-order valence-corrected chi connectivity index (χ0v) is 7.01. The Bertz CT molecular complexity index is 148. The van der Waals surface area contributed by atoms with E-state index in [0.29, 0.717) is 6.41 Å². The molecule has 4 nitrogen and oxygen atoms in total. The molecule has 0 aliphatic heterocycles. The molecular weight excluding hydrogens is 146 g/mol. The number of carbonyl (C=O) groups is 2. The Morgan fingerprint density at radius 3 is 2.45 bits per heavy atom. The number of ether oxygens (including phenoxy) is 1. The summed E-state index contributed by atoms with van der Waals surface area (Å²) in [7, 11) is 0. The van der Waals surface area contributed by atoms with Crippen LogP contribution in [0.2, 0.25) is 0 Å². The molecule has 0 unspecified atom stereocenters. The molecule has 0 aliphatic carbocycles. The molecule has 0 heterocycles. The van der Waals surface area contributed by atoms with E-state index in [1.54, 1.807) is 20.8 Å². The van der Waals surface area contributed by atoms with E-state index in [4.69, 9.17) is 4.74 Å². The SMILES string of the molecule is CC(C)(C)OC(=O)CNC=O. The molecule has 0 saturated carbocycles. The summed E-state index contributed by atoms with van der Waals surface area (Å²) in [6.07, 6.45) is 0.462. The summed E-state index contributed by atoms with van der Waals surface area (Å²) < 4.78 is 4.88. The monoisotopic (exact) mass is 159 g/mol. The van der Waals surface area contributed by atoms with Gasteiger partial charge in [-0.2, -0.15) is 0 Å². The molecule has 0 aromatic carbocycles. The molecule has 1 N–H and O–H groups in total. The van der Waals surface area contributed by atoms with Crippen LogP contribution in [0.25, 0.3) is 0 Å². The number of hydrogen-bond donors (Lipinski definition) is 1. The summed E-state index contributed by atoms with van der Waals surface area (Å²) in [5.41, 5.74) is -0.484. The first-order valence-corrected chi connectivity index (χ1v) is 3.34. The molecule has 0 bridgehead atoms. The van der Waals surface area contributed by atoms with Crippen molar-refractivity contribution >= 4 is 12.4 Å². The van der Waals surface area contributed by atoms with Gasteiger partial charge in [0.15, 0.2) is 0 Å². The minimum absolute atomic E-state index is 0.0687. The first-order chi connectivity index (χ1) is 4.95. The van der Waals surface area contributed by atoms with E-state index in [-0.39, 0.29) is 6.54 Å². The summed E-state index contributed by atoms with van der Waals surface area (Å²) in [4.78, 5) is 20.5. The fraction of sp³-hybridized carbons (Fsp3) is 0.714. The van der Waals surface area contributed by atoms with Crippen LogP contribution < -0.4 is 5.32 Å². The minimum Gasteiger partial charge on any atom is -0.459 e. The van der Waals surface area contributed by atoms with Gasteiger partial charge in [0.25, 0.3) is 0 Å². The van der Waals surface area contributed by atoms with E-state index < -0.39 is 11.6 Å². The Kier molecular flexibility index (Phi) is 3.57. The topological polar surface area (TPSA) is 55.4 Å². The van der Waals surface area contributed by atoms with Crippen molar-refractivity contribution in [2.45, 2.75) is 26.4 Å². The molecule has 0 aliphatic rings. The van der Waals surface area contributed by atoms with Gasteiger partial charge in [0.1, 0.15) is 12.1 Å². The van der Waals surface area contributed by atoms with E-state index in [2.05, 4.69) is 5.32 Å². The second kappa shape index (κ2) is 3.95. The van der Waals surface area contributed by atoms with Crippen LogP contribution in [0.3, 0.4) is 0 Å². The maximum Gasteiger partial charge on any atom is 0.325 e. The lowest BCUT2D eigenvalue weighted by molar-refractivity contribution is -0.154. The number of nitrogens with one attached hydrogen (secondary N) is 1. The molecule has 0 saturated heterocycles. The highest BCUT2D eigenvalue weighted by Crippen LogP contribution is 2.05. The zero-order chi connectivity index (χ0) is 8.91. The third-order valence-corrected chi connectivity index (χ3v) is 0.750. The molecule has 1 amide bonds. The Hall–Kier alpha value is -1.06. The van der Waals surface area contributed by atoms with Gasteiger partial charge in [-0.1, -0.05) is 0 Å². The van der Waals surface area contributed by atoms with E-state index in [1.807, 2.05) is 0 Å². The van der Waals surface area contributed by atoms with Crippen LogP contribution in [0.1, 0.15) is 20.8 Å². The third-order valence-electron chi connectivity index (χ3n) is 0.750. The van der Waals surface area contributed by atoms with Crippen LogP contribution in [0, 0.1) is 0 Å². The molecule has 0 spiro atoms. The van der Waals surface area contributed by atoms with Crippen molar-refractivity contribution in [1.29, 1.82) is 0 Å². The third kappa shape index (κ3) is 6.83. The molecule has 0 aromatic heterocycles. The highest BCUT2D eigenvalue weighted by atomic mass is 16.6. The molecule has 0 aromatic rings. The van der Waals surface area contributed by atoms with Crippen LogP contribution in [0.4, 0.5) is 0 Å². The molecular formula is C7H13NO3. The van der Waals surface area contributed by atoms with Crippen molar-refractivity contribution in [1.82, 2.24) is 5.32 Å². The number of esters is 1. The second-order valence-corrected chi connectivity index (χ2v) is 3.09. The van der Waals surface area contributed by atoms with Crippen molar-refractivity contribution in [3.05, 3.63) is 0 Å². The maximum atomic E-state index is 10.8. The highest BCUT2D eigenvalue weighted by Gasteiger charge is 2.15. The van der Waals surface area contributed by atoms with E-state index in [1.165, 1.54) is 0 Å². The molecule has 0 atom stereocenters. The quantitative estimate of drug-likeness (QED) is 0.468. The van der Waals surface area contributed by atoms with Crippen molar-refractivity contribution in [2.24, 2.45) is 0 Å². The Balaban J connectivity index is 3.61. The zero-order valence-electron chi connectivity index (χ0n) is 7.01. The summed E-state index contributed by atoms with van der Waals surface area (Å²) in [5.74, 6) is -0.426. The summed E-state index contributed by atoms with van der Waals surface area (Å²) >= 11 is 0. The van der Waals surface area contributed by atoms with E-state index in [0.717, 1.165) is 0 Å². The van der Waals surface area contributed by atoms with Crippen molar-refractivity contribution in [2.75, 3.05) is 6.54 Å². The van der Waals surface area contributed by atoms with Crippen molar-refractivity contribution in [3.8, 4) is 0 Å². The highest BCUT2D eigenvalue weighted by molar-refractivity contribution is 5.74. The van der Waals surface area contributed by atoms with Crippen molar-refractivity contribution in [3.63, 3.8) is 0 Å². The van der Waals surface area contributed by atoms with Gasteiger partial charge in [-0.25, -0.2) is 0 Å². The standard InChI is InChI=1S/C7H13NO3/c1-7(2,3)11-6(10)4-8-5-9/h5H,4H2,1-3H3,(H,8,9). The Labute approximate surface area is 65.9 Å². The smallest absolute Gasteiger partial charge is 0.325 e. The molecule has 64 valence electrons. The molecule has 0 radical (unpaired) electrons. The summed E-state index contributed by atoms with van der Waals surface area (Å²) in [6.45, 7) is 5.24. The van der Waals surface area contributed by atoms with Gasteiger partial charge in [0.05, 0.1) is 0 Å². The van der Waals surface area contributed by atoms with Gasteiger partial charge in [-0.05, 0) is 20.8 Å². The van der Waals surface area contributed by atoms with Gasteiger partial charge >= 0.3 is 5.97 Å². The number of hydrogen-bond acceptors (Lipinski definition) is 3. The van der Waals surface area contributed by atoms with Gasteiger partial charge in [-0.15, -0.1) is 0 Å². The van der Waals surface area contributed by atoms with E-state index >= 15 is 0 Å². The summed E-state index contributed by atoms with van der Waals surface area (Å²) in [6, 6.07) is 0. The lowest BCUT2D eigenvalue weighted by Crippen LogP contribution is -2.30. The molecule has 4 heteroatoms. The number of rotatable bonds is 3. The maximum absolute atomic E-state index is 10.8. The Morgan fingerprint density at radius 1 is 1.55 bits per heavy atom. The first-order valence-electron chi connectivity index (χ1n) is 3.34. The fourth-order valence-electron chi connectivity index (χ4n) is 0.503. The fourth-order valence-corrected chi connectivity index (χ4v) is 0.503. The summed E-state index contributed by atoms with van der Waals surface area (Å²) in [5, 5.41) is 2.22. The van der Waals surface area contributed by atoms with Crippen LogP contribution in [-0.4, -0.2) is 24.5 Å². The van der Waals surface area contributed by atoms with Crippen LogP contribution in [-0.2, 0) is 14.3 Å². The normalized spacial score (nSPS) is 10.5. The van der Waals surface area contributed by atoms with Gasteiger partial charge in [-0.3, -0.25) is 9.59 Å². The van der Waals surface area contributed by atoms with Gasteiger partial charge < -0.3 is 10.1 Å². The second-order valence-electron chi connectivity index (χ2n) is 3.09. The number of amides is 1. The lowest BCUT2D eigenvalue weighted by Gasteiger charge is -2.18. The van der Waals surface area contributed by atoms with E-state index in [9.17, 15) is 9.59 Å². The van der Waals surface area contributed by atoms with Gasteiger partial charge in [0.2, 0.25) is 6.41 Å². The van der Waals surface area contributed by atoms with Crippen molar-refractivity contribution < 1.29 is 14.3 Å². The number of carbonyl (C=O) groups excluding carboxylic acids is 2. The predicted octanol–water partition coefficient (Wildman–Crippen LogP) is 0.0741. The minimum atomic E-state index is -0.484. The molecule has 11 heavy (non-hydrogen) atoms. The molecule has 0 fully saturated rings. The average Bonchev–Trinajstić information content (AvgIpc) is 1.79. The molecule has 0 rings (SSSR count). The van der Waals surface area contributed by atoms with Gasteiger partial charge in [0, 0.05) is 0 Å². The van der Waals surface area contributed by atoms with Crippen LogP contribution in [0.15, 0.2) is 0 Å². The van der Waals surface area contributed by atoms with Crippen LogP contribution in [0.5, 0.6) is 0 Å². The Morgan fingerprint density at radius 2 is 2.09 bits per heavy atom. The predicted molar refractivity (Wildman–Crippen MR) is 39.9 cm³/mol.